The van der Waals surface area contributed by atoms with Crippen LogP contribution in [0.3, 0.4) is 0 Å². The molecule has 7 nitrogen and oxygen atoms in total. The molecule has 4 aromatic rings. The van der Waals surface area contributed by atoms with E-state index >= 15 is 0 Å². The third-order valence-electron chi connectivity index (χ3n) is 6.54. The Balaban J connectivity index is 1.66. The van der Waals surface area contributed by atoms with Crippen molar-refractivity contribution in [2.45, 2.75) is 32.2 Å². The number of methoxy groups -OCH3 is 1. The number of carbonyl (C=O) groups is 2. The number of hydrogen-bond donors (Lipinski definition) is 1. The highest BCUT2D eigenvalue weighted by Crippen LogP contribution is 2.44. The molecule has 1 aliphatic heterocycles. The standard InChI is InChI=1S/C30H27N3O4S/c1-30(2,3)21-14-10-18(11-15-21)24-23(25(34)19-12-16-22(37-4)17-13-19)26(35)28(36)33(24)29-32-31-27(38-29)20-8-6-5-7-9-20/h5-17,24,34H,1-4H3. The lowest BCUT2D eigenvalue weighted by Crippen LogP contribution is -2.29. The fourth-order valence-electron chi connectivity index (χ4n) is 4.43. The fraction of sp³-hybridized carbons (Fsp3) is 0.200. The molecule has 0 bridgehead atoms. The van der Waals surface area contributed by atoms with E-state index in [2.05, 4.69) is 31.0 Å². The van der Waals surface area contributed by atoms with Gasteiger partial charge in [-0.3, -0.25) is 14.5 Å². The summed E-state index contributed by atoms with van der Waals surface area (Å²) in [6.45, 7) is 6.35. The van der Waals surface area contributed by atoms with Gasteiger partial charge in [-0.05, 0) is 40.8 Å². The van der Waals surface area contributed by atoms with E-state index in [0.29, 0.717) is 21.9 Å². The molecule has 0 radical (unpaired) electrons. The molecule has 38 heavy (non-hydrogen) atoms. The minimum Gasteiger partial charge on any atom is -0.507 e. The zero-order valence-corrected chi connectivity index (χ0v) is 22.3. The van der Waals surface area contributed by atoms with Crippen LogP contribution in [-0.2, 0) is 15.0 Å². The average molecular weight is 526 g/mol. The van der Waals surface area contributed by atoms with Gasteiger partial charge in [0.05, 0.1) is 18.7 Å². The van der Waals surface area contributed by atoms with Crippen LogP contribution in [0.15, 0.2) is 84.4 Å². The molecule has 1 amide bonds. The van der Waals surface area contributed by atoms with Crippen LogP contribution in [0.4, 0.5) is 5.13 Å². The fourth-order valence-corrected chi connectivity index (χ4v) is 5.30. The van der Waals surface area contributed by atoms with Crippen molar-refractivity contribution in [2.24, 2.45) is 0 Å². The van der Waals surface area contributed by atoms with E-state index in [1.807, 2.05) is 54.6 Å². The van der Waals surface area contributed by atoms with Gasteiger partial charge in [-0.25, -0.2) is 0 Å². The minimum atomic E-state index is -0.873. The number of ether oxygens (including phenoxy) is 1. The monoisotopic (exact) mass is 525 g/mol. The molecule has 5 rings (SSSR count). The summed E-state index contributed by atoms with van der Waals surface area (Å²) in [7, 11) is 1.55. The maximum Gasteiger partial charge on any atom is 0.301 e. The SMILES string of the molecule is COc1ccc(C(O)=C2C(=O)C(=O)N(c3nnc(-c4ccccc4)s3)C2c2ccc(C(C)(C)C)cc2)cc1. The van der Waals surface area contributed by atoms with Gasteiger partial charge in [0.25, 0.3) is 5.78 Å². The van der Waals surface area contributed by atoms with Gasteiger partial charge in [0.2, 0.25) is 5.13 Å². The van der Waals surface area contributed by atoms with E-state index in [0.717, 1.165) is 11.1 Å². The molecular formula is C30H27N3O4S. The van der Waals surface area contributed by atoms with E-state index in [1.54, 1.807) is 31.4 Å². The Labute approximate surface area is 225 Å². The zero-order chi connectivity index (χ0) is 27.0. The highest BCUT2D eigenvalue weighted by atomic mass is 32.1. The molecule has 0 aliphatic carbocycles. The number of nitrogens with zero attached hydrogens (tertiary/aromatic N) is 3. The number of aliphatic hydroxyl groups excluding tert-OH is 1. The topological polar surface area (TPSA) is 92.6 Å². The molecule has 8 heteroatoms. The number of aliphatic hydroxyl groups is 1. The molecule has 1 saturated heterocycles. The van der Waals surface area contributed by atoms with Gasteiger partial charge in [-0.1, -0.05) is 86.7 Å². The van der Waals surface area contributed by atoms with Crippen LogP contribution in [0, 0.1) is 0 Å². The predicted octanol–water partition coefficient (Wildman–Crippen LogP) is 6.14. The zero-order valence-electron chi connectivity index (χ0n) is 21.5. The summed E-state index contributed by atoms with van der Waals surface area (Å²) in [5.74, 6) is -1.19. The van der Waals surface area contributed by atoms with E-state index in [4.69, 9.17) is 4.74 Å². The van der Waals surface area contributed by atoms with Crippen molar-refractivity contribution in [2.75, 3.05) is 12.0 Å². The lowest BCUT2D eigenvalue weighted by molar-refractivity contribution is -0.132. The smallest absolute Gasteiger partial charge is 0.301 e. The van der Waals surface area contributed by atoms with Crippen LogP contribution in [0.5, 0.6) is 5.75 Å². The molecule has 3 aromatic carbocycles. The largest absolute Gasteiger partial charge is 0.507 e. The second kappa shape index (κ2) is 9.87. The number of carbonyl (C=O) groups excluding carboxylic acids is 2. The lowest BCUT2D eigenvalue weighted by atomic mass is 9.85. The van der Waals surface area contributed by atoms with Crippen LogP contribution in [-0.4, -0.2) is 34.1 Å². The van der Waals surface area contributed by atoms with Gasteiger partial charge < -0.3 is 9.84 Å². The molecule has 0 spiro atoms. The summed E-state index contributed by atoms with van der Waals surface area (Å²) in [6.07, 6.45) is 0. The molecule has 1 fully saturated rings. The van der Waals surface area contributed by atoms with Gasteiger partial charge in [0, 0.05) is 11.1 Å². The molecule has 1 aliphatic rings. The second-order valence-corrected chi connectivity index (χ2v) is 11.0. The van der Waals surface area contributed by atoms with Crippen LogP contribution in [0.25, 0.3) is 16.3 Å². The highest BCUT2D eigenvalue weighted by molar-refractivity contribution is 7.18. The molecule has 2 heterocycles. The Bertz CT molecular complexity index is 1520. The van der Waals surface area contributed by atoms with E-state index in [1.165, 1.54) is 16.2 Å². The summed E-state index contributed by atoms with van der Waals surface area (Å²) < 4.78 is 5.21. The Morgan fingerprint density at radius 2 is 1.58 bits per heavy atom. The van der Waals surface area contributed by atoms with Crippen molar-refractivity contribution in [1.29, 1.82) is 0 Å². The van der Waals surface area contributed by atoms with E-state index < -0.39 is 17.7 Å². The number of anilines is 1. The minimum absolute atomic E-state index is 0.000127. The van der Waals surface area contributed by atoms with Crippen molar-refractivity contribution in [3.8, 4) is 16.3 Å². The Kier molecular flexibility index (Phi) is 6.59. The molecule has 0 saturated carbocycles. The Morgan fingerprint density at radius 1 is 0.921 bits per heavy atom. The number of rotatable bonds is 5. The summed E-state index contributed by atoms with van der Waals surface area (Å²) in [4.78, 5) is 28.2. The molecule has 192 valence electrons. The van der Waals surface area contributed by atoms with Gasteiger partial charge in [-0.15, -0.1) is 10.2 Å². The molecule has 1 N–H and O–H groups in total. The normalized spacial score (nSPS) is 17.2. The van der Waals surface area contributed by atoms with Crippen LogP contribution in [0.1, 0.15) is 43.5 Å². The number of benzene rings is 3. The van der Waals surface area contributed by atoms with E-state index in [-0.39, 0.29) is 21.9 Å². The van der Waals surface area contributed by atoms with Crippen molar-refractivity contribution >= 4 is 33.9 Å². The number of ketones is 1. The summed E-state index contributed by atoms with van der Waals surface area (Å²) >= 11 is 1.22. The third kappa shape index (κ3) is 4.59. The van der Waals surface area contributed by atoms with Gasteiger partial charge in [0.1, 0.15) is 16.5 Å². The molecular weight excluding hydrogens is 498 g/mol. The van der Waals surface area contributed by atoms with Crippen molar-refractivity contribution < 1.29 is 19.4 Å². The van der Waals surface area contributed by atoms with Crippen molar-refractivity contribution in [3.63, 3.8) is 0 Å². The molecule has 1 atom stereocenters. The first-order chi connectivity index (χ1) is 18.2. The third-order valence-corrected chi connectivity index (χ3v) is 7.51. The summed E-state index contributed by atoms with van der Waals surface area (Å²) in [6, 6.07) is 23.1. The lowest BCUT2D eigenvalue weighted by Gasteiger charge is -2.24. The second-order valence-electron chi connectivity index (χ2n) is 10.0. The van der Waals surface area contributed by atoms with Gasteiger partial charge in [-0.2, -0.15) is 0 Å². The molecule has 1 aromatic heterocycles. The number of amides is 1. The van der Waals surface area contributed by atoms with Gasteiger partial charge >= 0.3 is 5.91 Å². The summed E-state index contributed by atoms with van der Waals surface area (Å²) in [5, 5.41) is 20.8. The first-order valence-electron chi connectivity index (χ1n) is 12.1. The first-order valence-corrected chi connectivity index (χ1v) is 13.0. The first kappa shape index (κ1) is 25.4. The maximum atomic E-state index is 13.5. The molecule has 1 unspecified atom stereocenters. The van der Waals surface area contributed by atoms with Gasteiger partial charge in [0.15, 0.2) is 0 Å². The van der Waals surface area contributed by atoms with Crippen LogP contribution in [0.2, 0.25) is 0 Å². The maximum absolute atomic E-state index is 13.5. The van der Waals surface area contributed by atoms with Crippen LogP contribution < -0.4 is 9.64 Å². The summed E-state index contributed by atoms with van der Waals surface area (Å²) in [5.41, 5.74) is 2.98. The number of Topliss-reactive ketones (excluding diaryl/α,β-unsaturated/α-hetero) is 1. The van der Waals surface area contributed by atoms with Crippen LogP contribution >= 0.6 is 11.3 Å². The average Bonchev–Trinajstić information content (AvgIpc) is 3.51. The van der Waals surface area contributed by atoms with E-state index in [9.17, 15) is 14.7 Å². The number of aromatic nitrogens is 2. The number of hydrogen-bond acceptors (Lipinski definition) is 7. The Morgan fingerprint density at radius 3 is 2.18 bits per heavy atom. The highest BCUT2D eigenvalue weighted by Gasteiger charge is 2.48. The van der Waals surface area contributed by atoms with Crippen molar-refractivity contribution in [1.82, 2.24) is 10.2 Å². The Hall–Kier alpha value is -4.30. The van der Waals surface area contributed by atoms with Crippen molar-refractivity contribution in [3.05, 3.63) is 101 Å². The predicted molar refractivity (Wildman–Crippen MR) is 148 cm³/mol. The quantitative estimate of drug-likeness (QED) is 0.191.